The molecule has 0 radical (unpaired) electrons. The molecule has 0 aliphatic rings. The van der Waals surface area contributed by atoms with Crippen molar-refractivity contribution in [2.75, 3.05) is 0 Å². The summed E-state index contributed by atoms with van der Waals surface area (Å²) in [6, 6.07) is 12.7. The van der Waals surface area contributed by atoms with E-state index < -0.39 is 0 Å². The first-order valence-corrected chi connectivity index (χ1v) is 5.66. The van der Waals surface area contributed by atoms with E-state index in [-0.39, 0.29) is 12.4 Å². The Morgan fingerprint density at radius 3 is 2.38 bits per heavy atom. The number of halogens is 2. The lowest BCUT2D eigenvalue weighted by molar-refractivity contribution is 0.275. The number of benzene rings is 2. The zero-order chi connectivity index (χ0) is 11.5. The summed E-state index contributed by atoms with van der Waals surface area (Å²) in [6.45, 7) is -0.312. The van der Waals surface area contributed by atoms with Crippen molar-refractivity contribution in [3.63, 3.8) is 0 Å². The van der Waals surface area contributed by atoms with Crippen LogP contribution in [0, 0.1) is 5.82 Å². The largest absolute Gasteiger partial charge is 0.392 e. The average molecular weight is 281 g/mol. The molecule has 2 aromatic rings. The van der Waals surface area contributed by atoms with Gasteiger partial charge in [0.1, 0.15) is 5.82 Å². The molecule has 0 atom stereocenters. The van der Waals surface area contributed by atoms with Gasteiger partial charge < -0.3 is 5.11 Å². The topological polar surface area (TPSA) is 20.2 Å². The van der Waals surface area contributed by atoms with Gasteiger partial charge >= 0.3 is 0 Å². The molecule has 0 saturated heterocycles. The van der Waals surface area contributed by atoms with Crippen molar-refractivity contribution >= 4 is 15.9 Å². The molecule has 0 bridgehead atoms. The van der Waals surface area contributed by atoms with Crippen molar-refractivity contribution < 1.29 is 9.50 Å². The van der Waals surface area contributed by atoms with E-state index in [4.69, 9.17) is 5.11 Å². The van der Waals surface area contributed by atoms with E-state index in [9.17, 15) is 4.39 Å². The van der Waals surface area contributed by atoms with E-state index in [1.807, 2.05) is 30.3 Å². The third kappa shape index (κ3) is 2.01. The summed E-state index contributed by atoms with van der Waals surface area (Å²) < 4.78 is 14.6. The first kappa shape index (κ1) is 11.3. The van der Waals surface area contributed by atoms with Gasteiger partial charge in [-0.3, -0.25) is 0 Å². The van der Waals surface area contributed by atoms with Crippen LogP contribution in [0.5, 0.6) is 0 Å². The zero-order valence-electron chi connectivity index (χ0n) is 8.45. The monoisotopic (exact) mass is 280 g/mol. The molecule has 0 aliphatic heterocycles. The first-order chi connectivity index (χ1) is 7.74. The van der Waals surface area contributed by atoms with Crippen molar-refractivity contribution in [3.8, 4) is 11.1 Å². The number of hydrogen-bond acceptors (Lipinski definition) is 1. The van der Waals surface area contributed by atoms with Crippen molar-refractivity contribution in [2.45, 2.75) is 6.61 Å². The molecule has 82 valence electrons. The maximum atomic E-state index is 14.0. The second kappa shape index (κ2) is 4.76. The quantitative estimate of drug-likeness (QED) is 0.888. The minimum Gasteiger partial charge on any atom is -0.392 e. The fourth-order valence-electron chi connectivity index (χ4n) is 1.58. The van der Waals surface area contributed by atoms with E-state index in [2.05, 4.69) is 15.9 Å². The maximum absolute atomic E-state index is 14.0. The van der Waals surface area contributed by atoms with Crippen LogP contribution in [0.25, 0.3) is 11.1 Å². The van der Waals surface area contributed by atoms with Gasteiger partial charge in [-0.05, 0) is 11.6 Å². The van der Waals surface area contributed by atoms with Gasteiger partial charge in [-0.1, -0.05) is 52.3 Å². The number of aliphatic hydroxyl groups excluding tert-OH is 1. The fraction of sp³-hybridized carbons (Fsp3) is 0.0769. The molecule has 0 unspecified atom stereocenters. The summed E-state index contributed by atoms with van der Waals surface area (Å²) >= 11 is 3.21. The Morgan fingerprint density at radius 1 is 1.06 bits per heavy atom. The minimum absolute atomic E-state index is 0.293. The van der Waals surface area contributed by atoms with Crippen LogP contribution >= 0.6 is 15.9 Å². The van der Waals surface area contributed by atoms with Crippen LogP contribution in [0.15, 0.2) is 46.9 Å². The Hall–Kier alpha value is -1.19. The van der Waals surface area contributed by atoms with Crippen LogP contribution in [-0.2, 0) is 6.61 Å². The Kier molecular flexibility index (Phi) is 3.36. The lowest BCUT2D eigenvalue weighted by Crippen LogP contribution is -1.94. The molecule has 0 heterocycles. The Labute approximate surface area is 102 Å². The zero-order valence-corrected chi connectivity index (χ0v) is 10.0. The molecule has 0 fully saturated rings. The van der Waals surface area contributed by atoms with E-state index >= 15 is 0 Å². The third-order valence-electron chi connectivity index (χ3n) is 2.43. The summed E-state index contributed by atoms with van der Waals surface area (Å²) in [5, 5.41) is 9.10. The second-order valence-corrected chi connectivity index (χ2v) is 4.27. The van der Waals surface area contributed by atoms with Crippen LogP contribution in [0.2, 0.25) is 0 Å². The minimum atomic E-state index is -0.372. The van der Waals surface area contributed by atoms with E-state index in [1.165, 1.54) is 0 Å². The third-order valence-corrected chi connectivity index (χ3v) is 3.17. The lowest BCUT2D eigenvalue weighted by Gasteiger charge is -2.08. The van der Waals surface area contributed by atoms with Gasteiger partial charge in [0.15, 0.2) is 0 Å². The van der Waals surface area contributed by atoms with E-state index in [0.717, 1.165) is 5.56 Å². The second-order valence-electron chi connectivity index (χ2n) is 3.41. The molecule has 1 nitrogen and oxygen atoms in total. The van der Waals surface area contributed by atoms with Crippen molar-refractivity contribution in [1.29, 1.82) is 0 Å². The van der Waals surface area contributed by atoms with Gasteiger partial charge in [-0.25, -0.2) is 4.39 Å². The summed E-state index contributed by atoms with van der Waals surface area (Å²) in [5.74, 6) is -0.372. The van der Waals surface area contributed by atoms with Gasteiger partial charge in [-0.15, -0.1) is 0 Å². The van der Waals surface area contributed by atoms with Crippen LogP contribution in [0.4, 0.5) is 4.39 Å². The smallest absolute Gasteiger partial charge is 0.137 e. The summed E-state index contributed by atoms with van der Waals surface area (Å²) in [4.78, 5) is 0. The van der Waals surface area contributed by atoms with Crippen LogP contribution in [-0.4, -0.2) is 5.11 Å². The number of aliphatic hydroxyl groups is 1. The predicted molar refractivity (Wildman–Crippen MR) is 65.5 cm³/mol. The van der Waals surface area contributed by atoms with Crippen molar-refractivity contribution in [3.05, 3.63) is 58.3 Å². The first-order valence-electron chi connectivity index (χ1n) is 4.87. The van der Waals surface area contributed by atoms with Crippen LogP contribution < -0.4 is 0 Å². The molecule has 16 heavy (non-hydrogen) atoms. The molecule has 0 aromatic heterocycles. The molecule has 0 spiro atoms. The Bertz CT molecular complexity index is 497. The summed E-state index contributed by atoms with van der Waals surface area (Å²) in [6.07, 6.45) is 0. The fourth-order valence-corrected chi connectivity index (χ4v) is 2.01. The van der Waals surface area contributed by atoms with Crippen molar-refractivity contribution in [1.82, 2.24) is 0 Å². The van der Waals surface area contributed by atoms with Gasteiger partial charge in [0, 0.05) is 15.6 Å². The summed E-state index contributed by atoms with van der Waals surface area (Å²) in [5.41, 5.74) is 1.61. The molecule has 0 saturated carbocycles. The summed E-state index contributed by atoms with van der Waals surface area (Å²) in [7, 11) is 0. The number of rotatable bonds is 2. The highest BCUT2D eigenvalue weighted by molar-refractivity contribution is 9.10. The van der Waals surface area contributed by atoms with Crippen LogP contribution in [0.1, 0.15) is 5.56 Å². The molecule has 2 rings (SSSR count). The lowest BCUT2D eigenvalue weighted by atomic mass is 10.0. The Morgan fingerprint density at radius 2 is 1.75 bits per heavy atom. The van der Waals surface area contributed by atoms with Gasteiger partial charge in [-0.2, -0.15) is 0 Å². The molecule has 0 aliphatic carbocycles. The highest BCUT2D eigenvalue weighted by Crippen LogP contribution is 2.29. The normalized spacial score (nSPS) is 10.4. The predicted octanol–water partition coefficient (Wildman–Crippen LogP) is 3.75. The average Bonchev–Trinajstić information content (AvgIpc) is 2.31. The van der Waals surface area contributed by atoms with Crippen LogP contribution in [0.3, 0.4) is 0 Å². The van der Waals surface area contributed by atoms with Gasteiger partial charge in [0.25, 0.3) is 0 Å². The molecule has 0 amide bonds. The molecule has 3 heteroatoms. The highest BCUT2D eigenvalue weighted by Gasteiger charge is 2.12. The van der Waals surface area contributed by atoms with Gasteiger partial charge in [0.2, 0.25) is 0 Å². The van der Waals surface area contributed by atoms with E-state index in [1.54, 1.807) is 12.1 Å². The highest BCUT2D eigenvalue weighted by atomic mass is 79.9. The number of hydrogen-bond donors (Lipinski definition) is 1. The molecule has 2 aromatic carbocycles. The van der Waals surface area contributed by atoms with Gasteiger partial charge in [0.05, 0.1) is 6.61 Å². The molecular weight excluding hydrogens is 271 g/mol. The standard InChI is InChI=1S/C13H10BrFO/c14-12-7-6-10(13(15)11(12)8-16)9-4-2-1-3-5-9/h1-7,16H,8H2. The molecular formula is C13H10BrFO. The van der Waals surface area contributed by atoms with E-state index in [0.29, 0.717) is 15.6 Å². The SMILES string of the molecule is OCc1c(Br)ccc(-c2ccccc2)c1F. The van der Waals surface area contributed by atoms with Crippen molar-refractivity contribution in [2.24, 2.45) is 0 Å². The maximum Gasteiger partial charge on any atom is 0.137 e. The Balaban J connectivity index is 2.59. The molecule has 1 N–H and O–H groups in total.